The molecule has 0 aliphatic rings. The molecule has 0 atom stereocenters. The number of nitrogens with zero attached hydrogens (tertiary/aromatic N) is 3. The van der Waals surface area contributed by atoms with E-state index in [4.69, 9.17) is 0 Å². The van der Waals surface area contributed by atoms with E-state index in [-0.39, 0.29) is 17.0 Å². The van der Waals surface area contributed by atoms with Crippen LogP contribution in [0.25, 0.3) is 11.0 Å². The van der Waals surface area contributed by atoms with E-state index in [1.165, 1.54) is 6.20 Å². The molecule has 2 aromatic heterocycles. The quantitative estimate of drug-likeness (QED) is 0.641. The number of anilines is 1. The Morgan fingerprint density at radius 2 is 1.93 bits per heavy atom. The second kappa shape index (κ2) is 7.22. The van der Waals surface area contributed by atoms with Crippen molar-refractivity contribution in [3.63, 3.8) is 0 Å². The summed E-state index contributed by atoms with van der Waals surface area (Å²) in [7, 11) is 0. The maximum Gasteiger partial charge on any atom is 0.263 e. The van der Waals surface area contributed by atoms with Crippen molar-refractivity contribution in [2.24, 2.45) is 0 Å². The molecule has 1 amide bonds. The summed E-state index contributed by atoms with van der Waals surface area (Å²) >= 11 is 0. The summed E-state index contributed by atoms with van der Waals surface area (Å²) in [6, 6.07) is 7.29. The Hall–Kier alpha value is -3.16. The van der Waals surface area contributed by atoms with Crippen molar-refractivity contribution in [3.8, 4) is 0 Å². The van der Waals surface area contributed by atoms with Gasteiger partial charge in [0.2, 0.25) is 5.95 Å². The van der Waals surface area contributed by atoms with Crippen LogP contribution >= 0.6 is 0 Å². The van der Waals surface area contributed by atoms with Crippen molar-refractivity contribution in [2.75, 3.05) is 11.9 Å². The zero-order valence-electron chi connectivity index (χ0n) is 16.0. The smallest absolute Gasteiger partial charge is 0.263 e. The fraction of sp³-hybridized carbons (Fsp3) is 0.368. The van der Waals surface area contributed by atoms with Crippen LogP contribution in [0, 0.1) is 0 Å². The van der Waals surface area contributed by atoms with Crippen LogP contribution in [0.15, 0.2) is 35.3 Å². The van der Waals surface area contributed by atoms with Gasteiger partial charge in [0.1, 0.15) is 5.39 Å². The SMILES string of the molecule is CCNC(=O)c1ccc(CNc2nc3c(cnn3C(C)(C)C)c(=O)[nH]2)cc1. The lowest BCUT2D eigenvalue weighted by Crippen LogP contribution is -2.24. The Morgan fingerprint density at radius 1 is 1.22 bits per heavy atom. The fourth-order valence-corrected chi connectivity index (χ4v) is 2.72. The number of carbonyl (C=O) groups is 1. The predicted octanol–water partition coefficient (Wildman–Crippen LogP) is 2.24. The van der Waals surface area contributed by atoms with E-state index in [1.54, 1.807) is 16.8 Å². The summed E-state index contributed by atoms with van der Waals surface area (Å²) in [6.45, 7) is 8.96. The average molecular weight is 368 g/mol. The lowest BCUT2D eigenvalue weighted by molar-refractivity contribution is 0.0956. The van der Waals surface area contributed by atoms with Crippen molar-refractivity contribution in [1.29, 1.82) is 0 Å². The van der Waals surface area contributed by atoms with Gasteiger partial charge in [-0.05, 0) is 45.4 Å². The summed E-state index contributed by atoms with van der Waals surface area (Å²) in [6.07, 6.45) is 1.54. The molecule has 0 radical (unpaired) electrons. The minimum absolute atomic E-state index is 0.0936. The van der Waals surface area contributed by atoms with Crippen LogP contribution in [0.3, 0.4) is 0 Å². The summed E-state index contributed by atoms with van der Waals surface area (Å²) in [5.74, 6) is 0.287. The largest absolute Gasteiger partial charge is 0.352 e. The third-order valence-electron chi connectivity index (χ3n) is 4.09. The highest BCUT2D eigenvalue weighted by molar-refractivity contribution is 5.94. The van der Waals surface area contributed by atoms with Crippen LogP contribution in [-0.4, -0.2) is 32.2 Å². The van der Waals surface area contributed by atoms with Gasteiger partial charge < -0.3 is 10.6 Å². The van der Waals surface area contributed by atoms with Gasteiger partial charge in [-0.2, -0.15) is 10.1 Å². The van der Waals surface area contributed by atoms with E-state index in [1.807, 2.05) is 39.8 Å². The lowest BCUT2D eigenvalue weighted by Gasteiger charge is -2.19. The number of H-pyrrole nitrogens is 1. The molecule has 3 aromatic rings. The highest BCUT2D eigenvalue weighted by atomic mass is 16.1. The molecule has 27 heavy (non-hydrogen) atoms. The molecule has 0 aliphatic heterocycles. The molecule has 3 N–H and O–H groups in total. The third kappa shape index (κ3) is 3.99. The van der Waals surface area contributed by atoms with Gasteiger partial charge in [-0.25, -0.2) is 4.68 Å². The summed E-state index contributed by atoms with van der Waals surface area (Å²) in [4.78, 5) is 31.4. The molecule has 0 bridgehead atoms. The number of rotatable bonds is 5. The standard InChI is InChI=1S/C19H24N6O2/c1-5-20-16(26)13-8-6-12(7-9-13)10-21-18-23-15-14(17(27)24-18)11-22-25(15)19(2,3)4/h6-9,11H,5,10H2,1-4H3,(H,20,26)(H2,21,23,24,27). The number of hydrogen-bond acceptors (Lipinski definition) is 5. The molecule has 0 aliphatic carbocycles. The van der Waals surface area contributed by atoms with Crippen molar-refractivity contribution < 1.29 is 4.79 Å². The van der Waals surface area contributed by atoms with Crippen molar-refractivity contribution in [2.45, 2.75) is 39.8 Å². The average Bonchev–Trinajstić information content (AvgIpc) is 3.05. The maximum absolute atomic E-state index is 12.3. The number of hydrogen-bond donors (Lipinski definition) is 3. The first-order chi connectivity index (χ1) is 12.8. The number of fused-ring (bicyclic) bond motifs is 1. The minimum Gasteiger partial charge on any atom is -0.352 e. The number of aromatic nitrogens is 4. The Kier molecular flexibility index (Phi) is 4.98. The Bertz CT molecular complexity index is 1010. The van der Waals surface area contributed by atoms with Gasteiger partial charge in [0.15, 0.2) is 5.65 Å². The molecule has 0 saturated heterocycles. The zero-order chi connectivity index (χ0) is 19.6. The highest BCUT2D eigenvalue weighted by Gasteiger charge is 2.19. The third-order valence-corrected chi connectivity index (χ3v) is 4.09. The Morgan fingerprint density at radius 3 is 2.56 bits per heavy atom. The van der Waals surface area contributed by atoms with Crippen LogP contribution in [0.1, 0.15) is 43.6 Å². The molecule has 8 nitrogen and oxygen atoms in total. The van der Waals surface area contributed by atoms with E-state index in [9.17, 15) is 9.59 Å². The molecular weight excluding hydrogens is 344 g/mol. The second-order valence-corrected chi connectivity index (χ2v) is 7.29. The monoisotopic (exact) mass is 368 g/mol. The molecule has 2 heterocycles. The van der Waals surface area contributed by atoms with Crippen LogP contribution in [0.4, 0.5) is 5.95 Å². The van der Waals surface area contributed by atoms with Crippen molar-refractivity contribution >= 4 is 22.9 Å². The molecule has 0 saturated carbocycles. The van der Waals surface area contributed by atoms with Crippen LogP contribution in [0.2, 0.25) is 0 Å². The Balaban J connectivity index is 1.79. The number of amides is 1. The maximum atomic E-state index is 12.3. The molecule has 0 fully saturated rings. The van der Waals surface area contributed by atoms with Gasteiger partial charge in [-0.15, -0.1) is 0 Å². The Labute approximate surface area is 157 Å². The normalized spacial score (nSPS) is 11.6. The van der Waals surface area contributed by atoms with E-state index in [0.717, 1.165) is 5.56 Å². The number of nitrogens with one attached hydrogen (secondary N) is 3. The molecular formula is C19H24N6O2. The predicted molar refractivity (Wildman–Crippen MR) is 105 cm³/mol. The van der Waals surface area contributed by atoms with Crippen molar-refractivity contribution in [1.82, 2.24) is 25.1 Å². The summed E-state index contributed by atoms with van der Waals surface area (Å²) < 4.78 is 1.74. The number of benzene rings is 1. The van der Waals surface area contributed by atoms with Crippen LogP contribution in [-0.2, 0) is 12.1 Å². The molecule has 0 unspecified atom stereocenters. The van der Waals surface area contributed by atoms with Crippen LogP contribution in [0.5, 0.6) is 0 Å². The highest BCUT2D eigenvalue weighted by Crippen LogP contribution is 2.18. The van der Waals surface area contributed by atoms with Gasteiger partial charge in [0, 0.05) is 18.7 Å². The molecule has 142 valence electrons. The second-order valence-electron chi connectivity index (χ2n) is 7.29. The van der Waals surface area contributed by atoms with Gasteiger partial charge in [0.25, 0.3) is 11.5 Å². The van der Waals surface area contributed by atoms with Gasteiger partial charge >= 0.3 is 0 Å². The minimum atomic E-state index is -0.283. The number of aromatic amines is 1. The zero-order valence-corrected chi connectivity index (χ0v) is 16.0. The topological polar surface area (TPSA) is 105 Å². The van der Waals surface area contributed by atoms with E-state index < -0.39 is 0 Å². The first kappa shape index (κ1) is 18.6. The molecule has 8 heteroatoms. The molecule has 3 rings (SSSR count). The van der Waals surface area contributed by atoms with Gasteiger partial charge in [0.05, 0.1) is 11.7 Å². The molecule has 0 spiro atoms. The van der Waals surface area contributed by atoms with E-state index in [2.05, 4.69) is 25.7 Å². The number of carbonyl (C=O) groups excluding carboxylic acids is 1. The van der Waals surface area contributed by atoms with Crippen LogP contribution < -0.4 is 16.2 Å². The first-order valence-corrected chi connectivity index (χ1v) is 8.89. The lowest BCUT2D eigenvalue weighted by atomic mass is 10.1. The summed E-state index contributed by atoms with van der Waals surface area (Å²) in [5, 5.41) is 10.6. The summed E-state index contributed by atoms with van der Waals surface area (Å²) in [5.41, 5.74) is 1.61. The van der Waals surface area contributed by atoms with E-state index >= 15 is 0 Å². The van der Waals surface area contributed by atoms with Crippen molar-refractivity contribution in [3.05, 3.63) is 51.9 Å². The first-order valence-electron chi connectivity index (χ1n) is 8.89. The van der Waals surface area contributed by atoms with E-state index in [0.29, 0.717) is 35.6 Å². The fourth-order valence-electron chi connectivity index (χ4n) is 2.72. The molecule has 1 aromatic carbocycles. The van der Waals surface area contributed by atoms with Gasteiger partial charge in [-0.1, -0.05) is 12.1 Å². The van der Waals surface area contributed by atoms with Gasteiger partial charge in [-0.3, -0.25) is 14.6 Å².